The normalized spacial score (nSPS) is 20.8. The van der Waals surface area contributed by atoms with Crippen LogP contribution in [0.3, 0.4) is 0 Å². The largest absolute Gasteiger partial charge is 0.507 e. The van der Waals surface area contributed by atoms with Gasteiger partial charge in [0.05, 0.1) is 30.9 Å². The summed E-state index contributed by atoms with van der Waals surface area (Å²) in [5, 5.41) is 11.7. The van der Waals surface area contributed by atoms with Crippen LogP contribution in [0.5, 0.6) is 5.75 Å². The molecule has 7 nitrogen and oxygen atoms in total. The van der Waals surface area contributed by atoms with E-state index in [1.54, 1.807) is 42.5 Å². The van der Waals surface area contributed by atoms with Gasteiger partial charge in [0, 0.05) is 36.8 Å². The fraction of sp³-hybridized carbons (Fsp3) is 0.385. The molecule has 0 radical (unpaired) electrons. The van der Waals surface area contributed by atoms with Gasteiger partial charge in [-0.1, -0.05) is 23.7 Å². The van der Waals surface area contributed by atoms with Crippen molar-refractivity contribution in [2.24, 2.45) is 0 Å². The predicted octanol–water partition coefficient (Wildman–Crippen LogP) is 3.88. The van der Waals surface area contributed by atoms with E-state index >= 15 is 0 Å². The first-order chi connectivity index (χ1) is 16.3. The van der Waals surface area contributed by atoms with E-state index in [0.29, 0.717) is 48.2 Å². The van der Waals surface area contributed by atoms with Gasteiger partial charge in [0.25, 0.3) is 11.7 Å². The number of rotatable bonds is 7. The van der Waals surface area contributed by atoms with Gasteiger partial charge in [-0.05, 0) is 55.8 Å². The molecule has 1 unspecified atom stereocenters. The van der Waals surface area contributed by atoms with Gasteiger partial charge >= 0.3 is 0 Å². The zero-order valence-corrected chi connectivity index (χ0v) is 20.1. The molecule has 2 fully saturated rings. The Morgan fingerprint density at radius 1 is 1.12 bits per heavy atom. The number of hydrogen-bond acceptors (Lipinski definition) is 6. The van der Waals surface area contributed by atoms with E-state index in [9.17, 15) is 14.7 Å². The van der Waals surface area contributed by atoms with Gasteiger partial charge in [-0.3, -0.25) is 14.5 Å². The number of benzene rings is 2. The lowest BCUT2D eigenvalue weighted by molar-refractivity contribution is -0.140. The van der Waals surface area contributed by atoms with E-state index in [4.69, 9.17) is 21.1 Å². The van der Waals surface area contributed by atoms with Crippen molar-refractivity contribution in [3.8, 4) is 5.75 Å². The number of carbonyl (C=O) groups excluding carboxylic acids is 2. The lowest BCUT2D eigenvalue weighted by atomic mass is 9.95. The number of carbonyl (C=O) groups is 2. The number of Topliss-reactive ketones (excluding diaryl/α,β-unsaturated/α-hetero) is 1. The maximum atomic E-state index is 13.2. The van der Waals surface area contributed by atoms with E-state index in [-0.39, 0.29) is 17.4 Å². The zero-order chi connectivity index (χ0) is 24.2. The van der Waals surface area contributed by atoms with Gasteiger partial charge in [0.2, 0.25) is 0 Å². The monoisotopic (exact) mass is 484 g/mol. The third-order valence-corrected chi connectivity index (χ3v) is 6.20. The van der Waals surface area contributed by atoms with E-state index in [1.165, 1.54) is 4.90 Å². The Morgan fingerprint density at radius 3 is 2.47 bits per heavy atom. The standard InChI is InChI=1S/C26H29ClN2O5/c1-17(2)34-21-8-6-18(7-9-21)24(30)22-23(19-4-3-5-20(27)16-19)29(26(32)25(22)31)11-10-28-12-14-33-15-13-28/h3-9,16-17,23,30H,10-15H2,1-2H3. The molecule has 2 aromatic carbocycles. The molecule has 2 saturated heterocycles. The zero-order valence-electron chi connectivity index (χ0n) is 19.4. The summed E-state index contributed by atoms with van der Waals surface area (Å²) in [6.45, 7) is 7.65. The quantitative estimate of drug-likeness (QED) is 0.365. The molecule has 0 aromatic heterocycles. The van der Waals surface area contributed by atoms with Crippen LogP contribution in [0.1, 0.15) is 31.0 Å². The number of morpholine rings is 1. The van der Waals surface area contributed by atoms with Gasteiger partial charge < -0.3 is 19.5 Å². The Hall–Kier alpha value is -2.87. The van der Waals surface area contributed by atoms with Crippen molar-refractivity contribution < 1.29 is 24.2 Å². The first-order valence-electron chi connectivity index (χ1n) is 11.5. The average Bonchev–Trinajstić information content (AvgIpc) is 3.08. The van der Waals surface area contributed by atoms with Crippen molar-refractivity contribution in [1.29, 1.82) is 0 Å². The molecular formula is C26H29ClN2O5. The molecule has 2 heterocycles. The second kappa shape index (κ2) is 10.6. The van der Waals surface area contributed by atoms with Crippen molar-refractivity contribution in [3.63, 3.8) is 0 Å². The number of aliphatic hydroxyl groups is 1. The van der Waals surface area contributed by atoms with E-state index in [2.05, 4.69) is 4.90 Å². The van der Waals surface area contributed by atoms with Gasteiger partial charge in [-0.2, -0.15) is 0 Å². The molecule has 2 aliphatic heterocycles. The van der Waals surface area contributed by atoms with Crippen LogP contribution in [0, 0.1) is 0 Å². The Kier molecular flexibility index (Phi) is 7.56. The number of hydrogen-bond donors (Lipinski definition) is 1. The summed E-state index contributed by atoms with van der Waals surface area (Å²) in [5.41, 5.74) is 1.18. The van der Waals surface area contributed by atoms with Crippen LogP contribution in [0.2, 0.25) is 5.02 Å². The van der Waals surface area contributed by atoms with Gasteiger partial charge in [0.1, 0.15) is 11.5 Å². The minimum atomic E-state index is -0.730. The number of ether oxygens (including phenoxy) is 2. The molecule has 2 aliphatic rings. The van der Waals surface area contributed by atoms with Crippen LogP contribution < -0.4 is 4.74 Å². The fourth-order valence-corrected chi connectivity index (χ4v) is 4.53. The highest BCUT2D eigenvalue weighted by Gasteiger charge is 2.46. The smallest absolute Gasteiger partial charge is 0.295 e. The van der Waals surface area contributed by atoms with Crippen LogP contribution in [0.25, 0.3) is 5.76 Å². The first kappa shape index (κ1) is 24.3. The minimum absolute atomic E-state index is 0.0130. The van der Waals surface area contributed by atoms with Crippen molar-refractivity contribution >= 4 is 29.1 Å². The molecule has 1 N–H and O–H groups in total. The Bertz CT molecular complexity index is 1080. The summed E-state index contributed by atoms with van der Waals surface area (Å²) >= 11 is 6.24. The fourth-order valence-electron chi connectivity index (χ4n) is 4.33. The van der Waals surface area contributed by atoms with Crippen LogP contribution in [-0.4, -0.2) is 72.1 Å². The highest BCUT2D eigenvalue weighted by molar-refractivity contribution is 6.46. The SMILES string of the molecule is CC(C)Oc1ccc(C(O)=C2C(=O)C(=O)N(CCN3CCOCC3)C2c2cccc(Cl)c2)cc1. The summed E-state index contributed by atoms with van der Waals surface area (Å²) < 4.78 is 11.1. The lowest BCUT2D eigenvalue weighted by Gasteiger charge is -2.31. The Balaban J connectivity index is 1.70. The van der Waals surface area contributed by atoms with Crippen LogP contribution in [0.4, 0.5) is 0 Å². The third-order valence-electron chi connectivity index (χ3n) is 5.96. The van der Waals surface area contributed by atoms with Crippen LogP contribution >= 0.6 is 11.6 Å². The molecule has 2 aromatic rings. The van der Waals surface area contributed by atoms with Gasteiger partial charge in [-0.15, -0.1) is 0 Å². The average molecular weight is 485 g/mol. The summed E-state index contributed by atoms with van der Waals surface area (Å²) in [4.78, 5) is 30.0. The Morgan fingerprint density at radius 2 is 1.82 bits per heavy atom. The van der Waals surface area contributed by atoms with Crippen molar-refractivity contribution in [1.82, 2.24) is 9.80 Å². The van der Waals surface area contributed by atoms with E-state index in [1.807, 2.05) is 19.9 Å². The maximum absolute atomic E-state index is 13.2. The first-order valence-corrected chi connectivity index (χ1v) is 11.8. The number of aliphatic hydroxyl groups excluding tert-OH is 1. The highest BCUT2D eigenvalue weighted by Crippen LogP contribution is 2.40. The minimum Gasteiger partial charge on any atom is -0.507 e. The summed E-state index contributed by atoms with van der Waals surface area (Å²) in [6.07, 6.45) is 0.0130. The third kappa shape index (κ3) is 5.27. The predicted molar refractivity (Wildman–Crippen MR) is 130 cm³/mol. The lowest BCUT2D eigenvalue weighted by Crippen LogP contribution is -2.42. The van der Waals surface area contributed by atoms with Crippen molar-refractivity contribution in [2.45, 2.75) is 26.0 Å². The number of ketones is 1. The summed E-state index contributed by atoms with van der Waals surface area (Å²) in [5.74, 6) is -0.885. The summed E-state index contributed by atoms with van der Waals surface area (Å²) in [6, 6.07) is 13.2. The highest BCUT2D eigenvalue weighted by atomic mass is 35.5. The molecule has 34 heavy (non-hydrogen) atoms. The molecule has 0 spiro atoms. The number of amides is 1. The van der Waals surface area contributed by atoms with Gasteiger partial charge in [0.15, 0.2) is 0 Å². The number of likely N-dealkylation sites (tertiary alicyclic amines) is 1. The maximum Gasteiger partial charge on any atom is 0.295 e. The molecule has 0 bridgehead atoms. The molecule has 180 valence electrons. The molecule has 1 atom stereocenters. The Labute approximate surface area is 204 Å². The molecule has 0 saturated carbocycles. The second-order valence-electron chi connectivity index (χ2n) is 8.69. The van der Waals surface area contributed by atoms with Crippen molar-refractivity contribution in [3.05, 3.63) is 70.3 Å². The molecule has 4 rings (SSSR count). The second-order valence-corrected chi connectivity index (χ2v) is 9.13. The van der Waals surface area contributed by atoms with E-state index in [0.717, 1.165) is 13.1 Å². The molecular weight excluding hydrogens is 456 g/mol. The summed E-state index contributed by atoms with van der Waals surface area (Å²) in [7, 11) is 0. The topological polar surface area (TPSA) is 79.3 Å². The van der Waals surface area contributed by atoms with Crippen molar-refractivity contribution in [2.75, 3.05) is 39.4 Å². The number of nitrogens with zero attached hydrogens (tertiary/aromatic N) is 2. The van der Waals surface area contributed by atoms with Gasteiger partial charge in [-0.25, -0.2) is 0 Å². The molecule has 8 heteroatoms. The molecule has 1 amide bonds. The number of halogens is 1. The molecule has 0 aliphatic carbocycles. The van der Waals surface area contributed by atoms with Crippen LogP contribution in [0.15, 0.2) is 54.1 Å². The van der Waals surface area contributed by atoms with Crippen LogP contribution in [-0.2, 0) is 14.3 Å². The van der Waals surface area contributed by atoms with E-state index < -0.39 is 17.7 Å².